The van der Waals surface area contributed by atoms with Crippen molar-refractivity contribution in [1.82, 2.24) is 20.3 Å². The summed E-state index contributed by atoms with van der Waals surface area (Å²) in [5.74, 6) is 2.19. The summed E-state index contributed by atoms with van der Waals surface area (Å²) in [5.41, 5.74) is 1.96. The lowest BCUT2D eigenvalue weighted by atomic mass is 10.1. The summed E-state index contributed by atoms with van der Waals surface area (Å²) in [6, 6.07) is 7.77. The number of rotatable bonds is 7. The molecule has 1 aromatic carbocycles. The highest BCUT2D eigenvalue weighted by atomic mass is 32.2. The Hall–Kier alpha value is -2.35. The van der Waals surface area contributed by atoms with E-state index in [2.05, 4.69) is 20.3 Å². The Morgan fingerprint density at radius 1 is 1.04 bits per heavy atom. The van der Waals surface area contributed by atoms with E-state index in [9.17, 15) is 4.21 Å². The number of aryl methyl sites for hydroxylation is 2. The lowest BCUT2D eigenvalue weighted by Gasteiger charge is -1.98. The average Bonchev–Trinajstić information content (AvgIpc) is 3.18. The van der Waals surface area contributed by atoms with Crippen LogP contribution >= 0.6 is 0 Å². The first-order valence-corrected chi connectivity index (χ1v) is 9.19. The molecule has 8 heteroatoms. The molecule has 24 heavy (non-hydrogen) atoms. The average molecular weight is 346 g/mol. The number of benzene rings is 1. The molecule has 0 saturated carbocycles. The number of hydrogen-bond acceptors (Lipinski definition) is 7. The van der Waals surface area contributed by atoms with Crippen LogP contribution in [0.2, 0.25) is 0 Å². The fourth-order valence-corrected chi connectivity index (χ4v) is 3.13. The number of aromatic nitrogens is 4. The fraction of sp³-hybridized carbons (Fsp3) is 0.375. The molecule has 7 nitrogen and oxygen atoms in total. The van der Waals surface area contributed by atoms with Crippen LogP contribution in [0.15, 0.2) is 33.3 Å². The first-order valence-electron chi connectivity index (χ1n) is 7.70. The summed E-state index contributed by atoms with van der Waals surface area (Å²) >= 11 is 0. The first-order chi connectivity index (χ1) is 11.7. The van der Waals surface area contributed by atoms with Gasteiger partial charge in [-0.1, -0.05) is 41.5 Å². The van der Waals surface area contributed by atoms with Crippen LogP contribution in [-0.2, 0) is 28.7 Å². The summed E-state index contributed by atoms with van der Waals surface area (Å²) in [5, 5.41) is 7.81. The van der Waals surface area contributed by atoms with Crippen LogP contribution in [0.4, 0.5) is 0 Å². The summed E-state index contributed by atoms with van der Waals surface area (Å²) in [6.07, 6.45) is 1.69. The van der Waals surface area contributed by atoms with Gasteiger partial charge in [0.25, 0.3) is 0 Å². The molecule has 2 aromatic heterocycles. The highest BCUT2D eigenvalue weighted by molar-refractivity contribution is 7.83. The van der Waals surface area contributed by atoms with Crippen LogP contribution in [0.5, 0.6) is 0 Å². The molecule has 3 aromatic rings. The molecule has 126 valence electrons. The lowest BCUT2D eigenvalue weighted by molar-refractivity contribution is 0.382. The molecule has 0 saturated heterocycles. The predicted octanol–water partition coefficient (Wildman–Crippen LogP) is 2.83. The van der Waals surface area contributed by atoms with Crippen molar-refractivity contribution in [2.75, 3.05) is 0 Å². The third kappa shape index (κ3) is 3.94. The second-order valence-electron chi connectivity index (χ2n) is 5.41. The third-order valence-electron chi connectivity index (χ3n) is 3.41. The minimum absolute atomic E-state index is 0.157. The molecule has 0 radical (unpaired) electrons. The van der Waals surface area contributed by atoms with Gasteiger partial charge in [0.05, 0.1) is 0 Å². The highest BCUT2D eigenvalue weighted by Crippen LogP contribution is 2.20. The zero-order valence-electron chi connectivity index (χ0n) is 13.6. The van der Waals surface area contributed by atoms with Gasteiger partial charge in [-0.05, 0) is 18.9 Å². The van der Waals surface area contributed by atoms with Crippen molar-refractivity contribution in [3.05, 3.63) is 47.4 Å². The molecule has 0 bridgehead atoms. The minimum Gasteiger partial charge on any atom is -0.338 e. The van der Waals surface area contributed by atoms with Crippen molar-refractivity contribution in [3.63, 3.8) is 0 Å². The van der Waals surface area contributed by atoms with E-state index in [4.69, 9.17) is 9.05 Å². The maximum Gasteiger partial charge on any atom is 0.239 e. The van der Waals surface area contributed by atoms with E-state index in [1.54, 1.807) is 0 Å². The van der Waals surface area contributed by atoms with Crippen molar-refractivity contribution in [2.45, 2.75) is 38.2 Å². The van der Waals surface area contributed by atoms with Gasteiger partial charge in [-0.15, -0.1) is 0 Å². The van der Waals surface area contributed by atoms with Crippen molar-refractivity contribution in [2.24, 2.45) is 0 Å². The largest absolute Gasteiger partial charge is 0.338 e. The third-order valence-corrected chi connectivity index (χ3v) is 4.54. The van der Waals surface area contributed by atoms with Crippen molar-refractivity contribution >= 4 is 10.8 Å². The van der Waals surface area contributed by atoms with Gasteiger partial charge in [0.15, 0.2) is 5.82 Å². The van der Waals surface area contributed by atoms with E-state index in [-0.39, 0.29) is 11.5 Å². The smallest absolute Gasteiger partial charge is 0.239 e. The van der Waals surface area contributed by atoms with E-state index in [0.717, 1.165) is 24.0 Å². The van der Waals surface area contributed by atoms with Crippen molar-refractivity contribution in [1.29, 1.82) is 0 Å². The minimum atomic E-state index is -1.25. The van der Waals surface area contributed by atoms with Crippen LogP contribution in [0.1, 0.15) is 36.5 Å². The molecule has 0 spiro atoms. The molecular weight excluding hydrogens is 328 g/mol. The maximum atomic E-state index is 12.2. The summed E-state index contributed by atoms with van der Waals surface area (Å²) in [7, 11) is -1.25. The van der Waals surface area contributed by atoms with E-state index >= 15 is 0 Å². The number of hydrogen-bond donors (Lipinski definition) is 0. The van der Waals surface area contributed by atoms with Gasteiger partial charge in [-0.3, -0.25) is 4.21 Å². The predicted molar refractivity (Wildman–Crippen MR) is 88.3 cm³/mol. The van der Waals surface area contributed by atoms with Crippen molar-refractivity contribution in [3.8, 4) is 11.4 Å². The molecule has 0 fully saturated rings. The molecule has 3 rings (SSSR count). The Morgan fingerprint density at radius 2 is 1.75 bits per heavy atom. The summed E-state index contributed by atoms with van der Waals surface area (Å²) < 4.78 is 22.5. The normalized spacial score (nSPS) is 12.4. The Morgan fingerprint density at radius 3 is 2.50 bits per heavy atom. The molecular formula is C16H18N4O3S. The summed E-state index contributed by atoms with van der Waals surface area (Å²) in [6.45, 7) is 4.02. The quantitative estimate of drug-likeness (QED) is 0.649. The highest BCUT2D eigenvalue weighted by Gasteiger charge is 2.15. The Bertz CT molecular complexity index is 843. The van der Waals surface area contributed by atoms with Gasteiger partial charge in [0.2, 0.25) is 17.6 Å². The molecule has 0 N–H and O–H groups in total. The van der Waals surface area contributed by atoms with Crippen LogP contribution in [-0.4, -0.2) is 24.5 Å². The molecule has 1 atom stereocenters. The van der Waals surface area contributed by atoms with Gasteiger partial charge >= 0.3 is 0 Å². The molecule has 0 aliphatic heterocycles. The molecule has 0 amide bonds. The Balaban J connectivity index is 1.64. The number of nitrogens with zero attached hydrogens (tertiary/aromatic N) is 4. The maximum absolute atomic E-state index is 12.2. The van der Waals surface area contributed by atoms with E-state index in [1.807, 2.05) is 38.1 Å². The van der Waals surface area contributed by atoms with Gasteiger partial charge in [-0.25, -0.2) is 0 Å². The van der Waals surface area contributed by atoms with Crippen LogP contribution in [0.3, 0.4) is 0 Å². The fourth-order valence-electron chi connectivity index (χ4n) is 2.25. The molecule has 0 aliphatic carbocycles. The zero-order chi connectivity index (χ0) is 16.9. The van der Waals surface area contributed by atoms with Gasteiger partial charge < -0.3 is 9.05 Å². The zero-order valence-corrected chi connectivity index (χ0v) is 14.4. The van der Waals surface area contributed by atoms with Crippen LogP contribution < -0.4 is 0 Å². The summed E-state index contributed by atoms with van der Waals surface area (Å²) in [4.78, 5) is 8.53. The molecule has 0 unspecified atom stereocenters. The monoisotopic (exact) mass is 346 g/mol. The molecule has 0 aliphatic rings. The van der Waals surface area contributed by atoms with E-state index in [1.165, 1.54) is 0 Å². The standard InChI is InChI=1S/C16H18N4O3S/c1-3-6-13-17-14(22-19-13)9-24(21)10-15-18-16(20-23-15)12-8-5-4-7-11(12)2/h4-5,7-8H,3,6,9-10H2,1-2H3/t24-/m0/s1. The van der Waals surface area contributed by atoms with E-state index in [0.29, 0.717) is 23.4 Å². The van der Waals surface area contributed by atoms with Crippen LogP contribution in [0.25, 0.3) is 11.4 Å². The SMILES string of the molecule is CCCc1noc(C[S@](=O)Cc2nc(-c3ccccc3C)no2)n1. The topological polar surface area (TPSA) is 94.9 Å². The Kier molecular flexibility index (Phi) is 5.14. The second-order valence-corrected chi connectivity index (χ2v) is 6.87. The van der Waals surface area contributed by atoms with Crippen molar-refractivity contribution < 1.29 is 13.3 Å². The van der Waals surface area contributed by atoms with Crippen LogP contribution in [0, 0.1) is 6.92 Å². The van der Waals surface area contributed by atoms with Gasteiger partial charge in [0.1, 0.15) is 11.5 Å². The van der Waals surface area contributed by atoms with E-state index < -0.39 is 10.8 Å². The Labute approximate surface area is 141 Å². The van der Waals surface area contributed by atoms with Gasteiger partial charge in [0, 0.05) is 22.8 Å². The lowest BCUT2D eigenvalue weighted by Crippen LogP contribution is -2.00. The van der Waals surface area contributed by atoms with Gasteiger partial charge in [-0.2, -0.15) is 9.97 Å². The first kappa shape index (κ1) is 16.5. The second kappa shape index (κ2) is 7.48. The molecule has 2 heterocycles.